The minimum Gasteiger partial charge on any atom is -0.368 e. The highest BCUT2D eigenvalue weighted by atomic mass is 15.2. The maximum absolute atomic E-state index is 5.53. The molecule has 0 atom stereocenters. The van der Waals surface area contributed by atoms with Crippen molar-refractivity contribution in [3.05, 3.63) is 29.3 Å². The zero-order valence-electron chi connectivity index (χ0n) is 13.1. The van der Waals surface area contributed by atoms with Crippen molar-refractivity contribution in [2.24, 2.45) is 0 Å². The van der Waals surface area contributed by atoms with Crippen molar-refractivity contribution in [1.29, 1.82) is 0 Å². The van der Waals surface area contributed by atoms with Crippen molar-refractivity contribution >= 4 is 5.69 Å². The van der Waals surface area contributed by atoms with E-state index in [1.165, 1.54) is 11.3 Å². The van der Waals surface area contributed by atoms with E-state index < -0.39 is 0 Å². The molecule has 0 aliphatic carbocycles. The average Bonchev–Trinajstić information content (AvgIpc) is 2.52. The fraction of sp³-hybridized carbons (Fsp3) is 0.529. The van der Waals surface area contributed by atoms with E-state index in [0.29, 0.717) is 0 Å². The number of hydrogen-bond acceptors (Lipinski definition) is 2. The zero-order chi connectivity index (χ0) is 14.7. The fourth-order valence-corrected chi connectivity index (χ4v) is 1.95. The maximum Gasteiger partial charge on any atom is 0.0526 e. The Kier molecular flexibility index (Phi) is 9.66. The second kappa shape index (κ2) is 10.5. The summed E-state index contributed by atoms with van der Waals surface area (Å²) in [7, 11) is 0. The van der Waals surface area contributed by atoms with Crippen LogP contribution in [0.5, 0.6) is 0 Å². The molecule has 0 unspecified atom stereocenters. The van der Waals surface area contributed by atoms with E-state index in [4.69, 9.17) is 6.42 Å². The summed E-state index contributed by atoms with van der Waals surface area (Å²) >= 11 is 0. The molecule has 0 radical (unpaired) electrons. The van der Waals surface area contributed by atoms with Crippen molar-refractivity contribution in [3.63, 3.8) is 0 Å². The summed E-state index contributed by atoms with van der Waals surface area (Å²) in [6.07, 6.45) is 5.53. The molecule has 0 spiro atoms. The molecule has 106 valence electrons. The standard InChI is InChI=1S/C13H16N2.2C2H6/c1-3-12-10-11(2)4-5-13(12)15-8-6-14-7-9-15;2*1-2/h1,4-5,10,14H,6-9H2,2H3;2*1-2H3. The van der Waals surface area contributed by atoms with E-state index >= 15 is 0 Å². The van der Waals surface area contributed by atoms with Crippen LogP contribution >= 0.6 is 0 Å². The maximum atomic E-state index is 5.53. The van der Waals surface area contributed by atoms with Crippen LogP contribution in [-0.2, 0) is 0 Å². The predicted octanol–water partition coefficient (Wildman–Crippen LogP) is 3.44. The lowest BCUT2D eigenvalue weighted by Gasteiger charge is -2.30. The molecule has 1 N–H and O–H groups in total. The van der Waals surface area contributed by atoms with Gasteiger partial charge in [-0.1, -0.05) is 39.7 Å². The summed E-state index contributed by atoms with van der Waals surface area (Å²) in [6.45, 7) is 14.2. The van der Waals surface area contributed by atoms with Crippen molar-refractivity contribution < 1.29 is 0 Å². The average molecular weight is 260 g/mol. The summed E-state index contributed by atoms with van der Waals surface area (Å²) in [6, 6.07) is 6.34. The van der Waals surface area contributed by atoms with Gasteiger partial charge < -0.3 is 10.2 Å². The van der Waals surface area contributed by atoms with E-state index in [-0.39, 0.29) is 0 Å². The number of nitrogens with zero attached hydrogens (tertiary/aromatic N) is 1. The highest BCUT2D eigenvalue weighted by Gasteiger charge is 2.12. The van der Waals surface area contributed by atoms with Crippen molar-refractivity contribution in [2.45, 2.75) is 34.6 Å². The minimum absolute atomic E-state index is 1.01. The Hall–Kier alpha value is -1.46. The normalized spacial score (nSPS) is 13.4. The molecule has 0 aromatic heterocycles. The molecule has 0 amide bonds. The van der Waals surface area contributed by atoms with Crippen molar-refractivity contribution in [1.82, 2.24) is 5.32 Å². The SMILES string of the molecule is C#Cc1cc(C)ccc1N1CCNCC1.CC.CC. The van der Waals surface area contributed by atoms with Gasteiger partial charge in [0.25, 0.3) is 0 Å². The summed E-state index contributed by atoms with van der Waals surface area (Å²) < 4.78 is 0. The first-order valence-corrected chi connectivity index (χ1v) is 7.34. The van der Waals surface area contributed by atoms with Gasteiger partial charge in [-0.25, -0.2) is 0 Å². The predicted molar refractivity (Wildman–Crippen MR) is 86.9 cm³/mol. The number of benzene rings is 1. The summed E-state index contributed by atoms with van der Waals surface area (Å²) in [5.74, 6) is 2.77. The highest BCUT2D eigenvalue weighted by Crippen LogP contribution is 2.21. The molecule has 2 nitrogen and oxygen atoms in total. The Morgan fingerprint density at radius 2 is 1.68 bits per heavy atom. The van der Waals surface area contributed by atoms with Gasteiger partial charge in [0.05, 0.1) is 5.69 Å². The Balaban J connectivity index is 0.000000741. The highest BCUT2D eigenvalue weighted by molar-refractivity contribution is 5.61. The summed E-state index contributed by atoms with van der Waals surface area (Å²) in [5.41, 5.74) is 3.43. The number of hydrogen-bond donors (Lipinski definition) is 1. The lowest BCUT2D eigenvalue weighted by atomic mass is 10.1. The molecular weight excluding hydrogens is 232 g/mol. The number of nitrogens with one attached hydrogen (secondary N) is 1. The first kappa shape index (κ1) is 17.5. The van der Waals surface area contributed by atoms with Gasteiger partial charge in [0.1, 0.15) is 0 Å². The first-order valence-electron chi connectivity index (χ1n) is 7.34. The van der Waals surface area contributed by atoms with Crippen LogP contribution in [-0.4, -0.2) is 26.2 Å². The quantitative estimate of drug-likeness (QED) is 0.778. The van der Waals surface area contributed by atoms with Crippen LogP contribution in [0.3, 0.4) is 0 Å². The van der Waals surface area contributed by atoms with Crippen LogP contribution in [0.25, 0.3) is 0 Å². The second-order valence-corrected chi connectivity index (χ2v) is 3.90. The minimum atomic E-state index is 1.01. The van der Waals surface area contributed by atoms with E-state index in [0.717, 1.165) is 31.7 Å². The summed E-state index contributed by atoms with van der Waals surface area (Å²) in [4.78, 5) is 2.35. The van der Waals surface area contributed by atoms with Gasteiger partial charge in [0, 0.05) is 31.7 Å². The molecule has 1 aliphatic heterocycles. The molecule has 1 aromatic rings. The number of piperazine rings is 1. The molecule has 0 saturated carbocycles. The smallest absolute Gasteiger partial charge is 0.0526 e. The van der Waals surface area contributed by atoms with Crippen molar-refractivity contribution in [3.8, 4) is 12.3 Å². The Morgan fingerprint density at radius 3 is 2.21 bits per heavy atom. The van der Waals surface area contributed by atoms with Crippen LogP contribution < -0.4 is 10.2 Å². The third kappa shape index (κ3) is 5.36. The largest absolute Gasteiger partial charge is 0.368 e. The van der Waals surface area contributed by atoms with Crippen LogP contribution in [0.1, 0.15) is 38.8 Å². The molecule has 2 heteroatoms. The van der Waals surface area contributed by atoms with Gasteiger partial charge >= 0.3 is 0 Å². The zero-order valence-corrected chi connectivity index (χ0v) is 13.1. The van der Waals surface area contributed by atoms with Gasteiger partial charge in [0.2, 0.25) is 0 Å². The third-order valence-corrected chi connectivity index (χ3v) is 2.77. The van der Waals surface area contributed by atoms with Crippen LogP contribution in [0.2, 0.25) is 0 Å². The monoisotopic (exact) mass is 260 g/mol. The molecule has 1 aliphatic rings. The summed E-state index contributed by atoms with van der Waals surface area (Å²) in [5, 5.41) is 3.34. The fourth-order valence-electron chi connectivity index (χ4n) is 1.95. The molecule has 19 heavy (non-hydrogen) atoms. The lowest BCUT2D eigenvalue weighted by Crippen LogP contribution is -2.43. The first-order chi connectivity index (χ1) is 9.31. The third-order valence-electron chi connectivity index (χ3n) is 2.77. The molecule has 1 heterocycles. The van der Waals surface area contributed by atoms with Gasteiger partial charge in [-0.15, -0.1) is 6.42 Å². The molecule has 0 bridgehead atoms. The van der Waals surface area contributed by atoms with E-state index in [1.54, 1.807) is 0 Å². The molecule has 1 aromatic carbocycles. The number of aryl methyl sites for hydroxylation is 1. The number of rotatable bonds is 1. The topological polar surface area (TPSA) is 15.3 Å². The molecule has 1 fully saturated rings. The Labute approximate surface area is 119 Å². The number of anilines is 1. The Bertz CT molecular complexity index is 385. The Morgan fingerprint density at radius 1 is 1.11 bits per heavy atom. The van der Waals surface area contributed by atoms with Gasteiger partial charge in [-0.05, 0) is 24.6 Å². The van der Waals surface area contributed by atoms with Crippen LogP contribution in [0.15, 0.2) is 18.2 Å². The van der Waals surface area contributed by atoms with Crippen LogP contribution in [0, 0.1) is 19.3 Å². The second-order valence-electron chi connectivity index (χ2n) is 3.90. The van der Waals surface area contributed by atoms with E-state index in [9.17, 15) is 0 Å². The van der Waals surface area contributed by atoms with E-state index in [2.05, 4.69) is 41.3 Å². The van der Waals surface area contributed by atoms with Gasteiger partial charge in [-0.2, -0.15) is 0 Å². The number of terminal acetylenes is 1. The van der Waals surface area contributed by atoms with Crippen LogP contribution in [0.4, 0.5) is 5.69 Å². The molecule has 1 saturated heterocycles. The molecular formula is C17H28N2. The van der Waals surface area contributed by atoms with E-state index in [1.807, 2.05) is 27.7 Å². The lowest BCUT2D eigenvalue weighted by molar-refractivity contribution is 0.589. The van der Waals surface area contributed by atoms with Gasteiger partial charge in [-0.3, -0.25) is 0 Å². The van der Waals surface area contributed by atoms with Gasteiger partial charge in [0.15, 0.2) is 0 Å². The van der Waals surface area contributed by atoms with Crippen molar-refractivity contribution in [2.75, 3.05) is 31.1 Å². The molecule has 2 rings (SSSR count).